The van der Waals surface area contributed by atoms with Gasteiger partial charge in [-0.1, -0.05) is 24.3 Å². The van der Waals surface area contributed by atoms with Gasteiger partial charge in [0.2, 0.25) is 0 Å². The number of nitrogens with zero attached hydrogens (tertiary/aromatic N) is 2. The summed E-state index contributed by atoms with van der Waals surface area (Å²) in [6.45, 7) is -14.9. The standard InChI is InChI=1S/C40H50F18N8O6/c41-35(42,43)27(67)33(28(68)36(44,45)46)23-63-11-1-9-59-15-17-61-13-3-19-65(33,31(71)39(53,54)55)21-25-5-7-26(8-6-25)22-66(32(72)40(56,57)58)20-4-14-62-18-16-60-10-2-12-64-24-34(66,29(69)37(47,48)49)30(70)38(50,51)52/h5-8,59-64H,1-4,9-24H2/q+2. The van der Waals surface area contributed by atoms with E-state index >= 15 is 0 Å². The lowest BCUT2D eigenvalue weighted by Crippen LogP contribution is -2.81. The Morgan fingerprint density at radius 2 is 0.597 bits per heavy atom. The van der Waals surface area contributed by atoms with Gasteiger partial charge in [-0.2, -0.15) is 79.0 Å². The van der Waals surface area contributed by atoms with Crippen LogP contribution in [0.1, 0.15) is 36.8 Å². The first-order valence-electron chi connectivity index (χ1n) is 21.8. The van der Waals surface area contributed by atoms with Crippen LogP contribution in [0.3, 0.4) is 0 Å². The molecule has 2 heterocycles. The average molecular weight is 1080 g/mol. The molecule has 2 atom stereocenters. The number of alkyl halides is 18. The molecule has 32 heteroatoms. The van der Waals surface area contributed by atoms with Crippen LogP contribution in [-0.4, -0.2) is 184 Å². The zero-order valence-corrected chi connectivity index (χ0v) is 37.6. The molecule has 2 amide bonds. The second-order valence-electron chi connectivity index (χ2n) is 16.9. The van der Waals surface area contributed by atoms with Gasteiger partial charge in [0.25, 0.3) is 11.1 Å². The minimum Gasteiger partial charge on any atom is -0.315 e. The van der Waals surface area contributed by atoms with Crippen molar-refractivity contribution >= 4 is 34.9 Å². The Labute approximate surface area is 397 Å². The lowest BCUT2D eigenvalue weighted by Gasteiger charge is -2.49. The number of hydrogen-bond acceptors (Lipinski definition) is 12. The Bertz CT molecular complexity index is 1860. The normalized spacial score (nSPS) is 23.7. The van der Waals surface area contributed by atoms with Crippen molar-refractivity contribution in [3.63, 3.8) is 0 Å². The Morgan fingerprint density at radius 3 is 0.833 bits per heavy atom. The van der Waals surface area contributed by atoms with Crippen molar-refractivity contribution in [3.8, 4) is 0 Å². The van der Waals surface area contributed by atoms with Crippen molar-refractivity contribution < 1.29 is 117 Å². The zero-order chi connectivity index (χ0) is 54.8. The van der Waals surface area contributed by atoms with E-state index in [2.05, 4.69) is 21.3 Å². The van der Waals surface area contributed by atoms with Gasteiger partial charge >= 0.3 is 72.0 Å². The second-order valence-corrected chi connectivity index (χ2v) is 16.9. The molecule has 1 aromatic carbocycles. The maximum absolute atomic E-state index is 14.9. The Kier molecular flexibility index (Phi) is 20.6. The van der Waals surface area contributed by atoms with Gasteiger partial charge in [0.15, 0.2) is 0 Å². The molecule has 0 spiro atoms. The summed E-state index contributed by atoms with van der Waals surface area (Å²) in [5.41, 5.74) is -12.4. The topological polar surface area (TPSA) is 175 Å². The van der Waals surface area contributed by atoms with Gasteiger partial charge < -0.3 is 31.9 Å². The minimum atomic E-state index is -6.62. The van der Waals surface area contributed by atoms with E-state index in [-0.39, 0.29) is 52.1 Å². The highest BCUT2D eigenvalue weighted by Gasteiger charge is 2.80. The van der Waals surface area contributed by atoms with Crippen LogP contribution in [0.25, 0.3) is 0 Å². The molecular formula is C40H50F18N8O6+2. The number of halogens is 18. The molecule has 2 aliphatic rings. The summed E-state index contributed by atoms with van der Waals surface area (Å²) in [5.74, 6) is -22.2. The van der Waals surface area contributed by atoms with Crippen molar-refractivity contribution in [1.82, 2.24) is 31.9 Å². The summed E-state index contributed by atoms with van der Waals surface area (Å²) in [4.78, 5) is 81.8. The molecule has 14 nitrogen and oxygen atoms in total. The van der Waals surface area contributed by atoms with Crippen molar-refractivity contribution in [3.05, 3.63) is 35.4 Å². The third-order valence-corrected chi connectivity index (χ3v) is 12.1. The molecular weight excluding hydrogens is 1030 g/mol. The second kappa shape index (κ2) is 23.9. The lowest BCUT2D eigenvalue weighted by molar-refractivity contribution is -0.903. The lowest BCUT2D eigenvalue weighted by atomic mass is 9.80. The maximum atomic E-state index is 14.9. The fourth-order valence-electron chi connectivity index (χ4n) is 8.92. The maximum Gasteiger partial charge on any atom is 0.509 e. The molecule has 3 rings (SSSR count). The third-order valence-electron chi connectivity index (χ3n) is 12.1. The van der Waals surface area contributed by atoms with Gasteiger partial charge in [-0.05, 0) is 39.0 Å². The summed E-state index contributed by atoms with van der Waals surface area (Å²) in [7, 11) is 0. The average Bonchev–Trinajstić information content (AvgIpc) is 3.26. The van der Waals surface area contributed by atoms with Crippen molar-refractivity contribution in [2.45, 2.75) is 86.9 Å². The molecule has 0 aliphatic carbocycles. The van der Waals surface area contributed by atoms with Crippen LogP contribution in [0.5, 0.6) is 0 Å². The Balaban J connectivity index is 2.55. The molecule has 0 saturated carbocycles. The van der Waals surface area contributed by atoms with Gasteiger partial charge in [-0.15, -0.1) is 0 Å². The number of carbonyl (C=O) groups is 6. The van der Waals surface area contributed by atoms with Gasteiger partial charge in [-0.3, -0.25) is 19.2 Å². The number of amides is 2. The van der Waals surface area contributed by atoms with E-state index < -0.39 is 181 Å². The quantitative estimate of drug-likeness (QED) is 0.127. The Morgan fingerprint density at radius 1 is 0.361 bits per heavy atom. The number of rotatable bonds is 8. The molecule has 1 aromatic rings. The molecule has 0 radical (unpaired) electrons. The van der Waals surface area contributed by atoms with Crippen molar-refractivity contribution in [2.24, 2.45) is 0 Å². The molecule has 2 fully saturated rings. The molecule has 2 saturated heterocycles. The van der Waals surface area contributed by atoms with Crippen LogP contribution in [0.4, 0.5) is 79.0 Å². The minimum absolute atomic E-state index is 0.0362. The first-order valence-corrected chi connectivity index (χ1v) is 21.8. The Hall–Kier alpha value is -4.34. The SMILES string of the molecule is O=C(C(F)(F)F)C1(C(=O)C(F)(F)F)CNCCCNCCNCCC[N+]1(Cc1ccc(C[N+]2(C(=O)C(F)(F)F)CCCNCCNCCCNCC2(C(=O)C(F)(F)F)C(=O)C(F)(F)F)cc1)C(=O)C(F)(F)F. The van der Waals surface area contributed by atoms with Crippen LogP contribution in [0.15, 0.2) is 24.3 Å². The predicted molar refractivity (Wildman–Crippen MR) is 212 cm³/mol. The smallest absolute Gasteiger partial charge is 0.315 e. The molecule has 0 aromatic heterocycles. The highest BCUT2D eigenvalue weighted by atomic mass is 19.4. The van der Waals surface area contributed by atoms with E-state index in [1.54, 1.807) is 0 Å². The fraction of sp³-hybridized carbons (Fsp3) is 0.700. The van der Waals surface area contributed by atoms with E-state index in [4.69, 9.17) is 0 Å². The van der Waals surface area contributed by atoms with Crippen molar-refractivity contribution in [2.75, 3.05) is 91.6 Å². The molecule has 72 heavy (non-hydrogen) atoms. The molecule has 2 aliphatic heterocycles. The summed E-state index contributed by atoms with van der Waals surface area (Å²) in [5, 5.41) is 14.7. The number of nitrogens with one attached hydrogen (secondary N) is 6. The van der Waals surface area contributed by atoms with Gasteiger partial charge in [-0.25, -0.2) is 18.6 Å². The van der Waals surface area contributed by atoms with Gasteiger partial charge in [0, 0.05) is 63.2 Å². The van der Waals surface area contributed by atoms with E-state index in [0.717, 1.165) is 0 Å². The predicted octanol–water partition coefficient (Wildman–Crippen LogP) is 3.63. The third kappa shape index (κ3) is 14.1. The number of Topliss-reactive ketones (excluding diaryl/α,β-unsaturated/α-hetero) is 4. The van der Waals surface area contributed by atoms with E-state index in [1.165, 1.54) is 0 Å². The van der Waals surface area contributed by atoms with Crippen LogP contribution in [0, 0.1) is 0 Å². The van der Waals surface area contributed by atoms with E-state index in [9.17, 15) is 108 Å². The van der Waals surface area contributed by atoms with Crippen LogP contribution in [0.2, 0.25) is 0 Å². The first kappa shape index (κ1) is 62.0. The number of hydrogen-bond donors (Lipinski definition) is 6. The number of carbonyl (C=O) groups excluding carboxylic acids is 6. The highest BCUT2D eigenvalue weighted by Crippen LogP contribution is 2.46. The highest BCUT2D eigenvalue weighted by molar-refractivity contribution is 6.16. The fourth-order valence-corrected chi connectivity index (χ4v) is 8.92. The molecule has 410 valence electrons. The van der Waals surface area contributed by atoms with E-state index in [0.29, 0.717) is 24.3 Å². The summed E-state index contributed by atoms with van der Waals surface area (Å²) >= 11 is 0. The summed E-state index contributed by atoms with van der Waals surface area (Å²) in [6.07, 6.45) is -41.9. The van der Waals surface area contributed by atoms with Crippen LogP contribution >= 0.6 is 0 Å². The van der Waals surface area contributed by atoms with Crippen LogP contribution < -0.4 is 31.9 Å². The van der Waals surface area contributed by atoms with Gasteiger partial charge in [0.05, 0.1) is 26.2 Å². The number of benzene rings is 1. The zero-order valence-electron chi connectivity index (χ0n) is 37.6. The number of ketones is 4. The summed E-state index contributed by atoms with van der Waals surface area (Å²) in [6, 6.07) is 1.25. The van der Waals surface area contributed by atoms with Crippen LogP contribution in [-0.2, 0) is 41.9 Å². The molecule has 6 N–H and O–H groups in total. The van der Waals surface area contributed by atoms with E-state index in [1.807, 2.05) is 10.6 Å². The van der Waals surface area contributed by atoms with Gasteiger partial charge in [0.1, 0.15) is 13.1 Å². The number of quaternary nitrogens is 2. The summed E-state index contributed by atoms with van der Waals surface area (Å²) < 4.78 is 259. The molecule has 0 bridgehead atoms. The first-order chi connectivity index (χ1) is 33.0. The largest absolute Gasteiger partial charge is 0.509 e. The molecule has 2 unspecified atom stereocenters. The monoisotopic (exact) mass is 1080 g/mol. The van der Waals surface area contributed by atoms with Crippen molar-refractivity contribution in [1.29, 1.82) is 0 Å².